The van der Waals surface area contributed by atoms with Crippen molar-refractivity contribution in [2.75, 3.05) is 0 Å². The normalized spacial score (nSPS) is 6.00. The number of hydrogen-bond acceptors (Lipinski definition) is 1. The second kappa shape index (κ2) is 10.6. The molecule has 3 heteroatoms. The first-order valence-electron chi connectivity index (χ1n) is 2.49. The fraction of sp³-hybridized carbons (Fsp3) is 0. The molecule has 0 aliphatic rings. The SMILES string of the molecule is F.O=CO.c1ccccc1. The molecule has 1 rings (SSSR count). The molecule has 2 nitrogen and oxygen atoms in total. The lowest BCUT2D eigenvalue weighted by molar-refractivity contribution is -0.122. The van der Waals surface area contributed by atoms with Gasteiger partial charge < -0.3 is 5.11 Å². The second-order valence-electron chi connectivity index (χ2n) is 1.26. The molecular weight excluding hydrogens is 135 g/mol. The predicted octanol–water partition coefficient (Wildman–Crippen LogP) is 1.54. The summed E-state index contributed by atoms with van der Waals surface area (Å²) in [4.78, 5) is 8.36. The molecule has 0 spiro atoms. The third kappa shape index (κ3) is 9.80. The van der Waals surface area contributed by atoms with E-state index >= 15 is 0 Å². The van der Waals surface area contributed by atoms with Crippen LogP contribution in [0.3, 0.4) is 0 Å². The zero-order chi connectivity index (χ0) is 6.95. The molecule has 10 heavy (non-hydrogen) atoms. The minimum atomic E-state index is -0.250. The molecule has 0 aliphatic heterocycles. The first kappa shape index (κ1) is 11.4. The van der Waals surface area contributed by atoms with Crippen LogP contribution < -0.4 is 0 Å². The molecule has 0 bridgehead atoms. The first-order valence-corrected chi connectivity index (χ1v) is 2.49. The van der Waals surface area contributed by atoms with Crippen LogP contribution in [0.15, 0.2) is 36.4 Å². The van der Waals surface area contributed by atoms with Gasteiger partial charge in [0.15, 0.2) is 0 Å². The third-order valence-corrected chi connectivity index (χ3v) is 0.667. The topological polar surface area (TPSA) is 37.3 Å². The van der Waals surface area contributed by atoms with Crippen molar-refractivity contribution in [3.63, 3.8) is 0 Å². The summed E-state index contributed by atoms with van der Waals surface area (Å²) >= 11 is 0. The zero-order valence-corrected chi connectivity index (χ0v) is 5.31. The maximum Gasteiger partial charge on any atom is 0.290 e. The lowest BCUT2D eigenvalue weighted by atomic mass is 10.4. The van der Waals surface area contributed by atoms with Gasteiger partial charge in [-0.15, -0.1) is 0 Å². The minimum absolute atomic E-state index is 0. The van der Waals surface area contributed by atoms with E-state index in [-0.39, 0.29) is 11.2 Å². The number of carbonyl (C=O) groups is 1. The van der Waals surface area contributed by atoms with Gasteiger partial charge in [-0.3, -0.25) is 9.50 Å². The Morgan fingerprint density at radius 2 is 1.00 bits per heavy atom. The van der Waals surface area contributed by atoms with Gasteiger partial charge in [-0.2, -0.15) is 0 Å². The summed E-state index contributed by atoms with van der Waals surface area (Å²) < 4.78 is 0. The molecule has 1 aromatic rings. The van der Waals surface area contributed by atoms with E-state index in [1.54, 1.807) is 0 Å². The fourth-order valence-electron chi connectivity index (χ4n) is 0.385. The number of carboxylic acid groups (broad SMARTS) is 1. The van der Waals surface area contributed by atoms with Crippen LogP contribution in [0, 0.1) is 0 Å². The van der Waals surface area contributed by atoms with Crippen LogP contribution >= 0.6 is 0 Å². The Hall–Kier alpha value is -1.38. The molecule has 0 unspecified atom stereocenters. The molecule has 0 aromatic heterocycles. The molecule has 0 saturated heterocycles. The highest BCUT2D eigenvalue weighted by atomic mass is 19.0. The quantitative estimate of drug-likeness (QED) is 0.561. The van der Waals surface area contributed by atoms with Crippen LogP contribution in [0.1, 0.15) is 0 Å². The summed E-state index contributed by atoms with van der Waals surface area (Å²) in [5, 5.41) is 6.89. The van der Waals surface area contributed by atoms with Crippen LogP contribution in [0.2, 0.25) is 0 Å². The van der Waals surface area contributed by atoms with E-state index in [4.69, 9.17) is 9.90 Å². The second-order valence-corrected chi connectivity index (χ2v) is 1.26. The molecule has 0 atom stereocenters. The number of benzene rings is 1. The lowest BCUT2D eigenvalue weighted by Crippen LogP contribution is -1.49. The van der Waals surface area contributed by atoms with Gasteiger partial charge >= 0.3 is 0 Å². The molecule has 1 N–H and O–H groups in total. The van der Waals surface area contributed by atoms with Crippen molar-refractivity contribution >= 4 is 6.47 Å². The van der Waals surface area contributed by atoms with Crippen LogP contribution in [0.25, 0.3) is 0 Å². The van der Waals surface area contributed by atoms with E-state index in [1.807, 2.05) is 36.4 Å². The summed E-state index contributed by atoms with van der Waals surface area (Å²) in [5.74, 6) is 0. The summed E-state index contributed by atoms with van der Waals surface area (Å²) in [7, 11) is 0. The maximum absolute atomic E-state index is 8.36. The summed E-state index contributed by atoms with van der Waals surface area (Å²) in [6.07, 6.45) is 0. The summed E-state index contributed by atoms with van der Waals surface area (Å²) in [6.45, 7) is -0.250. The van der Waals surface area contributed by atoms with Gasteiger partial charge in [0, 0.05) is 0 Å². The minimum Gasteiger partial charge on any atom is -0.483 e. The Morgan fingerprint density at radius 1 is 0.900 bits per heavy atom. The monoisotopic (exact) mass is 144 g/mol. The van der Waals surface area contributed by atoms with Gasteiger partial charge in [0.2, 0.25) is 0 Å². The predicted molar refractivity (Wildman–Crippen MR) is 37.6 cm³/mol. The average Bonchev–Trinajstić information content (AvgIpc) is 1.93. The van der Waals surface area contributed by atoms with Gasteiger partial charge in [-0.1, -0.05) is 36.4 Å². The van der Waals surface area contributed by atoms with Crippen molar-refractivity contribution in [2.24, 2.45) is 0 Å². The molecule has 0 aliphatic carbocycles. The van der Waals surface area contributed by atoms with E-state index in [0.29, 0.717) is 0 Å². The molecule has 0 saturated carbocycles. The Balaban J connectivity index is 0. The largest absolute Gasteiger partial charge is 0.483 e. The zero-order valence-electron chi connectivity index (χ0n) is 5.31. The Kier molecular flexibility index (Phi) is 12.1. The molecule has 1 aromatic carbocycles. The van der Waals surface area contributed by atoms with Gasteiger partial charge in [-0.05, 0) is 0 Å². The molecule has 0 radical (unpaired) electrons. The molecule has 56 valence electrons. The van der Waals surface area contributed by atoms with Crippen LogP contribution in [0.4, 0.5) is 4.70 Å². The van der Waals surface area contributed by atoms with E-state index in [9.17, 15) is 0 Å². The van der Waals surface area contributed by atoms with Gasteiger partial charge in [-0.25, -0.2) is 0 Å². The Morgan fingerprint density at radius 3 is 1.10 bits per heavy atom. The molecular formula is C7H9FO2. The maximum atomic E-state index is 8.36. The van der Waals surface area contributed by atoms with Crippen LogP contribution in [0.5, 0.6) is 0 Å². The number of rotatable bonds is 0. The fourth-order valence-corrected chi connectivity index (χ4v) is 0.385. The van der Waals surface area contributed by atoms with Gasteiger partial charge in [0.25, 0.3) is 6.47 Å². The number of halogens is 1. The third-order valence-electron chi connectivity index (χ3n) is 0.667. The van der Waals surface area contributed by atoms with E-state index in [2.05, 4.69) is 0 Å². The standard InChI is InChI=1S/C6H6.CH2O2.FH/c1-2-4-6-5-3-1;2-1-3;/h1-6H;1H,(H,2,3);1H. The lowest BCUT2D eigenvalue weighted by Gasteiger charge is -1.69. The molecule has 0 heterocycles. The van der Waals surface area contributed by atoms with Crippen LogP contribution in [-0.2, 0) is 4.79 Å². The highest BCUT2D eigenvalue weighted by molar-refractivity contribution is 5.32. The summed E-state index contributed by atoms with van der Waals surface area (Å²) in [5.41, 5.74) is 0. The average molecular weight is 144 g/mol. The van der Waals surface area contributed by atoms with Crippen molar-refractivity contribution < 1.29 is 14.6 Å². The van der Waals surface area contributed by atoms with Crippen molar-refractivity contribution in [3.05, 3.63) is 36.4 Å². The number of hydrogen-bond donors (Lipinski definition) is 1. The van der Waals surface area contributed by atoms with Crippen molar-refractivity contribution in [1.82, 2.24) is 0 Å². The molecule has 0 amide bonds. The Bertz CT molecular complexity index is 115. The van der Waals surface area contributed by atoms with Crippen molar-refractivity contribution in [3.8, 4) is 0 Å². The van der Waals surface area contributed by atoms with E-state index in [1.165, 1.54) is 0 Å². The van der Waals surface area contributed by atoms with E-state index in [0.717, 1.165) is 0 Å². The highest BCUT2D eigenvalue weighted by Crippen LogP contribution is 1.79. The smallest absolute Gasteiger partial charge is 0.290 e. The van der Waals surface area contributed by atoms with Crippen LogP contribution in [-0.4, -0.2) is 11.6 Å². The first-order chi connectivity index (χ1) is 4.41. The molecule has 0 fully saturated rings. The van der Waals surface area contributed by atoms with Gasteiger partial charge in [0.1, 0.15) is 0 Å². The highest BCUT2D eigenvalue weighted by Gasteiger charge is 1.57. The van der Waals surface area contributed by atoms with Crippen molar-refractivity contribution in [1.29, 1.82) is 0 Å². The van der Waals surface area contributed by atoms with E-state index < -0.39 is 0 Å². The van der Waals surface area contributed by atoms with Crippen molar-refractivity contribution in [2.45, 2.75) is 0 Å². The summed E-state index contributed by atoms with van der Waals surface area (Å²) in [6, 6.07) is 12.0. The van der Waals surface area contributed by atoms with Gasteiger partial charge in [0.05, 0.1) is 0 Å². The Labute approximate surface area is 58.5 Å².